The zero-order valence-electron chi connectivity index (χ0n) is 13.2. The van der Waals surface area contributed by atoms with Crippen molar-refractivity contribution in [2.24, 2.45) is 0 Å². The van der Waals surface area contributed by atoms with Gasteiger partial charge >= 0.3 is 0 Å². The Bertz CT molecular complexity index is 929. The molecule has 3 nitrogen and oxygen atoms in total. The van der Waals surface area contributed by atoms with Crippen molar-refractivity contribution in [2.45, 2.75) is 12.6 Å². The molecule has 120 valence electrons. The Hall–Kier alpha value is -2.52. The van der Waals surface area contributed by atoms with Crippen molar-refractivity contribution in [3.8, 4) is 0 Å². The number of carbonyl (C=O) groups is 1. The van der Waals surface area contributed by atoms with Crippen molar-refractivity contribution >= 4 is 28.4 Å². The van der Waals surface area contributed by atoms with Crippen LogP contribution in [0.15, 0.2) is 67.3 Å². The van der Waals surface area contributed by atoms with Gasteiger partial charge in [-0.15, -0.1) is 6.58 Å². The first-order chi connectivity index (χ1) is 11.7. The summed E-state index contributed by atoms with van der Waals surface area (Å²) in [4.78, 5) is 14.9. The zero-order valence-corrected chi connectivity index (χ0v) is 13.9. The van der Waals surface area contributed by atoms with Crippen LogP contribution >= 0.6 is 11.6 Å². The SMILES string of the molecule is C=C[C@H]1CN(Cc2ccccc2)C(=O)c2cc3cc(Cl)ccc3n21. The summed E-state index contributed by atoms with van der Waals surface area (Å²) in [5, 5.41) is 1.66. The first kappa shape index (κ1) is 15.0. The molecule has 0 radical (unpaired) electrons. The van der Waals surface area contributed by atoms with Gasteiger partial charge < -0.3 is 9.47 Å². The molecule has 2 heterocycles. The molecule has 1 aliphatic rings. The fourth-order valence-electron chi connectivity index (χ4n) is 3.40. The van der Waals surface area contributed by atoms with Gasteiger partial charge in [-0.3, -0.25) is 4.79 Å². The highest BCUT2D eigenvalue weighted by molar-refractivity contribution is 6.31. The van der Waals surface area contributed by atoms with E-state index in [4.69, 9.17) is 11.6 Å². The second-order valence-electron chi connectivity index (χ2n) is 6.08. The quantitative estimate of drug-likeness (QED) is 0.638. The van der Waals surface area contributed by atoms with Crippen LogP contribution in [0.4, 0.5) is 0 Å². The smallest absolute Gasteiger partial charge is 0.270 e. The molecule has 0 spiro atoms. The molecule has 1 aromatic heterocycles. The van der Waals surface area contributed by atoms with Gasteiger partial charge in [0.2, 0.25) is 0 Å². The Labute approximate surface area is 145 Å². The molecule has 3 aromatic rings. The number of benzene rings is 2. The highest BCUT2D eigenvalue weighted by atomic mass is 35.5. The van der Waals surface area contributed by atoms with Gasteiger partial charge in [0.25, 0.3) is 5.91 Å². The van der Waals surface area contributed by atoms with Crippen molar-refractivity contribution in [1.82, 2.24) is 9.47 Å². The Balaban J connectivity index is 1.78. The van der Waals surface area contributed by atoms with Crippen LogP contribution in [-0.4, -0.2) is 21.9 Å². The summed E-state index contributed by atoms with van der Waals surface area (Å²) in [5.74, 6) is 0.0456. The lowest BCUT2D eigenvalue weighted by molar-refractivity contribution is 0.0676. The van der Waals surface area contributed by atoms with Crippen molar-refractivity contribution in [3.63, 3.8) is 0 Å². The Morgan fingerprint density at radius 1 is 1.17 bits per heavy atom. The molecular formula is C20H17ClN2O. The van der Waals surface area contributed by atoms with Crippen molar-refractivity contribution in [2.75, 3.05) is 6.54 Å². The average Bonchev–Trinajstić information content (AvgIpc) is 2.97. The Kier molecular flexibility index (Phi) is 3.66. The normalized spacial score (nSPS) is 17.1. The van der Waals surface area contributed by atoms with Crippen molar-refractivity contribution < 1.29 is 4.79 Å². The molecule has 2 aromatic carbocycles. The molecular weight excluding hydrogens is 320 g/mol. The number of aromatic nitrogens is 1. The summed E-state index contributed by atoms with van der Waals surface area (Å²) < 4.78 is 2.07. The van der Waals surface area contributed by atoms with Gasteiger partial charge in [0.05, 0.1) is 6.04 Å². The minimum atomic E-state index is 0.0456. The molecule has 1 aliphatic heterocycles. The summed E-state index contributed by atoms with van der Waals surface area (Å²) in [6.45, 7) is 5.19. The molecule has 0 bridgehead atoms. The van der Waals surface area contributed by atoms with E-state index in [0.717, 1.165) is 16.5 Å². The van der Waals surface area contributed by atoms with Crippen molar-refractivity contribution in [1.29, 1.82) is 0 Å². The lowest BCUT2D eigenvalue weighted by Gasteiger charge is -2.33. The van der Waals surface area contributed by atoms with E-state index < -0.39 is 0 Å². The van der Waals surface area contributed by atoms with E-state index in [1.54, 1.807) is 0 Å². The van der Waals surface area contributed by atoms with E-state index >= 15 is 0 Å². The molecule has 0 saturated heterocycles. The minimum Gasteiger partial charge on any atom is -0.331 e. The monoisotopic (exact) mass is 336 g/mol. The summed E-state index contributed by atoms with van der Waals surface area (Å²) in [6, 6.07) is 17.8. The highest BCUT2D eigenvalue weighted by Gasteiger charge is 2.31. The molecule has 4 rings (SSSR count). The van der Waals surface area contributed by atoms with Gasteiger partial charge in [-0.1, -0.05) is 48.0 Å². The number of hydrogen-bond acceptors (Lipinski definition) is 1. The van der Waals surface area contributed by atoms with Crippen LogP contribution in [0.25, 0.3) is 10.9 Å². The first-order valence-electron chi connectivity index (χ1n) is 7.93. The lowest BCUT2D eigenvalue weighted by Crippen LogP contribution is -2.41. The van der Waals surface area contributed by atoms with E-state index in [-0.39, 0.29) is 11.9 Å². The number of fused-ring (bicyclic) bond motifs is 3. The molecule has 0 unspecified atom stereocenters. The molecule has 0 fully saturated rings. The van der Waals surface area contributed by atoms with E-state index in [1.807, 2.05) is 65.6 Å². The van der Waals surface area contributed by atoms with Gasteiger partial charge in [0.15, 0.2) is 0 Å². The highest BCUT2D eigenvalue weighted by Crippen LogP contribution is 2.32. The third kappa shape index (κ3) is 2.42. The van der Waals surface area contributed by atoms with Crippen molar-refractivity contribution in [3.05, 3.63) is 83.5 Å². The topological polar surface area (TPSA) is 25.2 Å². The van der Waals surface area contributed by atoms with Crippen LogP contribution in [0.2, 0.25) is 5.02 Å². The van der Waals surface area contributed by atoms with Crippen LogP contribution in [-0.2, 0) is 6.54 Å². The molecule has 1 atom stereocenters. The van der Waals surface area contributed by atoms with Gasteiger partial charge in [-0.25, -0.2) is 0 Å². The number of amides is 1. The number of nitrogens with zero attached hydrogens (tertiary/aromatic N) is 2. The van der Waals surface area contributed by atoms with Gasteiger partial charge in [0, 0.05) is 29.0 Å². The standard InChI is InChI=1S/C20H17ClN2O/c1-2-17-13-22(12-14-6-4-3-5-7-14)20(24)19-11-15-10-16(21)8-9-18(15)23(17)19/h2-11,17H,1,12-13H2/t17-/m0/s1. The molecule has 0 aliphatic carbocycles. The maximum atomic E-state index is 13.0. The summed E-state index contributed by atoms with van der Waals surface area (Å²) in [5.41, 5.74) is 2.84. The van der Waals surface area contributed by atoms with E-state index in [2.05, 4.69) is 11.1 Å². The number of hydrogen-bond donors (Lipinski definition) is 0. The number of rotatable bonds is 3. The third-order valence-corrected chi connectivity index (χ3v) is 4.77. The lowest BCUT2D eigenvalue weighted by atomic mass is 10.1. The van der Waals surface area contributed by atoms with Crippen LogP contribution in [0.3, 0.4) is 0 Å². The summed E-state index contributed by atoms with van der Waals surface area (Å²) in [7, 11) is 0. The molecule has 0 N–H and O–H groups in total. The predicted octanol–water partition coefficient (Wildman–Crippen LogP) is 4.68. The fraction of sp³-hybridized carbons (Fsp3) is 0.150. The van der Waals surface area contributed by atoms with E-state index in [9.17, 15) is 4.79 Å². The van der Waals surface area contributed by atoms with Gasteiger partial charge in [-0.05, 0) is 29.8 Å². The van der Waals surface area contributed by atoms with E-state index in [0.29, 0.717) is 23.8 Å². The maximum absolute atomic E-state index is 13.0. The molecule has 24 heavy (non-hydrogen) atoms. The Morgan fingerprint density at radius 2 is 1.96 bits per heavy atom. The van der Waals surface area contributed by atoms with E-state index in [1.165, 1.54) is 0 Å². The fourth-order valence-corrected chi connectivity index (χ4v) is 3.58. The zero-order chi connectivity index (χ0) is 16.7. The van der Waals surface area contributed by atoms with Gasteiger partial charge in [0.1, 0.15) is 5.69 Å². The van der Waals surface area contributed by atoms with Crippen LogP contribution in [0.1, 0.15) is 22.1 Å². The minimum absolute atomic E-state index is 0.0456. The van der Waals surface area contributed by atoms with Crippen LogP contribution in [0.5, 0.6) is 0 Å². The second-order valence-corrected chi connectivity index (χ2v) is 6.51. The van der Waals surface area contributed by atoms with Gasteiger partial charge in [-0.2, -0.15) is 0 Å². The third-order valence-electron chi connectivity index (χ3n) is 4.53. The molecule has 0 saturated carbocycles. The number of carbonyl (C=O) groups excluding carboxylic acids is 1. The first-order valence-corrected chi connectivity index (χ1v) is 8.31. The summed E-state index contributed by atoms with van der Waals surface area (Å²) >= 11 is 6.10. The predicted molar refractivity (Wildman–Crippen MR) is 97.4 cm³/mol. The molecule has 1 amide bonds. The maximum Gasteiger partial charge on any atom is 0.270 e. The summed E-state index contributed by atoms with van der Waals surface area (Å²) in [6.07, 6.45) is 1.90. The molecule has 4 heteroatoms. The van der Waals surface area contributed by atoms with Crippen LogP contribution in [0, 0.1) is 0 Å². The number of halogens is 1. The largest absolute Gasteiger partial charge is 0.331 e. The Morgan fingerprint density at radius 3 is 2.71 bits per heavy atom. The van der Waals surface area contributed by atoms with Crippen LogP contribution < -0.4 is 0 Å². The second kappa shape index (κ2) is 5.84. The average molecular weight is 337 g/mol.